The van der Waals surface area contributed by atoms with Crippen LogP contribution in [0.2, 0.25) is 0 Å². The summed E-state index contributed by atoms with van der Waals surface area (Å²) in [5.74, 6) is 1.40. The Morgan fingerprint density at radius 3 is 2.93 bits per heavy atom. The van der Waals surface area contributed by atoms with E-state index in [1.165, 1.54) is 0 Å². The highest BCUT2D eigenvalue weighted by Crippen LogP contribution is 2.22. The van der Waals surface area contributed by atoms with Crippen molar-refractivity contribution in [3.8, 4) is 5.75 Å². The molecule has 1 aromatic carbocycles. The van der Waals surface area contributed by atoms with Crippen molar-refractivity contribution in [1.82, 2.24) is 0 Å². The maximum absolute atomic E-state index is 7.61. The van der Waals surface area contributed by atoms with Crippen LogP contribution in [0.1, 0.15) is 24.5 Å². The van der Waals surface area contributed by atoms with Crippen molar-refractivity contribution >= 4 is 11.7 Å². The molecule has 0 aromatic heterocycles. The maximum atomic E-state index is 7.61. The van der Waals surface area contributed by atoms with Crippen molar-refractivity contribution in [3.63, 3.8) is 0 Å². The third kappa shape index (κ3) is 1.70. The summed E-state index contributed by atoms with van der Waals surface area (Å²) in [5.41, 5.74) is 7.23. The molecule has 1 aliphatic rings. The molecule has 4 heteroatoms. The number of benzene rings is 1. The van der Waals surface area contributed by atoms with E-state index in [0.29, 0.717) is 12.4 Å². The van der Waals surface area contributed by atoms with Crippen LogP contribution in [0.3, 0.4) is 0 Å². The molecule has 0 spiro atoms. The Balaban J connectivity index is 2.29. The van der Waals surface area contributed by atoms with Crippen LogP contribution in [0, 0.1) is 5.41 Å². The molecular formula is C11H13N3O. The SMILES string of the molecule is CCCOc1ccc2c(c1)C(=N)N=C2N. The molecule has 1 aliphatic heterocycles. The van der Waals surface area contributed by atoms with Crippen LogP contribution in [0.15, 0.2) is 23.2 Å². The Kier molecular flexibility index (Phi) is 2.41. The largest absolute Gasteiger partial charge is 0.494 e. The summed E-state index contributed by atoms with van der Waals surface area (Å²) >= 11 is 0. The lowest BCUT2D eigenvalue weighted by Crippen LogP contribution is -2.10. The molecule has 1 heterocycles. The number of aliphatic imine (C=N–C) groups is 1. The second-order valence-corrected chi connectivity index (χ2v) is 3.40. The predicted molar refractivity (Wildman–Crippen MR) is 59.8 cm³/mol. The first-order chi connectivity index (χ1) is 7.22. The van der Waals surface area contributed by atoms with Gasteiger partial charge < -0.3 is 10.5 Å². The van der Waals surface area contributed by atoms with Gasteiger partial charge in [-0.25, -0.2) is 4.99 Å². The van der Waals surface area contributed by atoms with E-state index in [1.54, 1.807) is 0 Å². The first-order valence-corrected chi connectivity index (χ1v) is 4.92. The van der Waals surface area contributed by atoms with Crippen molar-refractivity contribution < 1.29 is 4.74 Å². The number of nitrogens with zero attached hydrogens (tertiary/aromatic N) is 1. The lowest BCUT2D eigenvalue weighted by molar-refractivity contribution is 0.317. The monoisotopic (exact) mass is 203 g/mol. The second-order valence-electron chi connectivity index (χ2n) is 3.40. The molecular weight excluding hydrogens is 190 g/mol. The fourth-order valence-corrected chi connectivity index (χ4v) is 1.49. The molecule has 0 unspecified atom stereocenters. The fourth-order valence-electron chi connectivity index (χ4n) is 1.49. The molecule has 2 rings (SSSR count). The summed E-state index contributed by atoms with van der Waals surface area (Å²) in [6, 6.07) is 5.52. The number of hydrogen-bond acceptors (Lipinski definition) is 3. The van der Waals surface area contributed by atoms with E-state index in [-0.39, 0.29) is 5.84 Å². The molecule has 0 saturated heterocycles. The Hall–Kier alpha value is -1.84. The molecule has 0 radical (unpaired) electrons. The van der Waals surface area contributed by atoms with Gasteiger partial charge in [-0.2, -0.15) is 0 Å². The first-order valence-electron chi connectivity index (χ1n) is 4.92. The highest BCUT2D eigenvalue weighted by Gasteiger charge is 2.18. The average Bonchev–Trinajstić information content (AvgIpc) is 2.52. The topological polar surface area (TPSA) is 71.5 Å². The Morgan fingerprint density at radius 1 is 1.40 bits per heavy atom. The van der Waals surface area contributed by atoms with Crippen molar-refractivity contribution in [2.45, 2.75) is 13.3 Å². The van der Waals surface area contributed by atoms with Gasteiger partial charge in [-0.1, -0.05) is 6.92 Å². The highest BCUT2D eigenvalue weighted by molar-refractivity contribution is 6.20. The van der Waals surface area contributed by atoms with Crippen LogP contribution >= 0.6 is 0 Å². The number of ether oxygens (including phenoxy) is 1. The Morgan fingerprint density at radius 2 is 2.20 bits per heavy atom. The van der Waals surface area contributed by atoms with Gasteiger partial charge in [0, 0.05) is 11.1 Å². The molecule has 0 bridgehead atoms. The summed E-state index contributed by atoms with van der Waals surface area (Å²) in [6.45, 7) is 2.74. The molecule has 0 aliphatic carbocycles. The van der Waals surface area contributed by atoms with Crippen molar-refractivity contribution in [2.75, 3.05) is 6.61 Å². The molecule has 1 aromatic rings. The van der Waals surface area contributed by atoms with Crippen molar-refractivity contribution in [1.29, 1.82) is 5.41 Å². The summed E-state index contributed by atoms with van der Waals surface area (Å²) in [6.07, 6.45) is 0.965. The Labute approximate surface area is 88.3 Å². The normalized spacial score (nSPS) is 13.7. The number of nitrogens with one attached hydrogen (secondary N) is 1. The number of hydrogen-bond donors (Lipinski definition) is 2. The van der Waals surface area contributed by atoms with E-state index in [0.717, 1.165) is 23.3 Å². The number of fused-ring (bicyclic) bond motifs is 1. The number of rotatable bonds is 3. The van der Waals surface area contributed by atoms with Gasteiger partial charge in [0.25, 0.3) is 0 Å². The molecule has 15 heavy (non-hydrogen) atoms. The van der Waals surface area contributed by atoms with E-state index in [1.807, 2.05) is 18.2 Å². The standard InChI is InChI=1S/C11H13N3O/c1-2-5-15-7-3-4-8-9(6-7)11(13)14-10(8)12/h3-4,6H,2,5H2,1H3,(H3,12,13,14). The summed E-state index contributed by atoms with van der Waals surface area (Å²) in [5, 5.41) is 7.61. The van der Waals surface area contributed by atoms with E-state index in [9.17, 15) is 0 Å². The van der Waals surface area contributed by atoms with Crippen LogP contribution in [0.25, 0.3) is 0 Å². The zero-order valence-corrected chi connectivity index (χ0v) is 8.58. The Bertz CT molecular complexity index is 437. The zero-order chi connectivity index (χ0) is 10.8. The molecule has 0 saturated carbocycles. The van der Waals surface area contributed by atoms with Gasteiger partial charge >= 0.3 is 0 Å². The van der Waals surface area contributed by atoms with Crippen LogP contribution < -0.4 is 10.5 Å². The van der Waals surface area contributed by atoms with Gasteiger partial charge in [0.15, 0.2) is 5.84 Å². The van der Waals surface area contributed by atoms with Gasteiger partial charge in [0.05, 0.1) is 6.61 Å². The highest BCUT2D eigenvalue weighted by atomic mass is 16.5. The quantitative estimate of drug-likeness (QED) is 0.781. The summed E-state index contributed by atoms with van der Waals surface area (Å²) in [4.78, 5) is 3.90. The van der Waals surface area contributed by atoms with Gasteiger partial charge in [0.1, 0.15) is 11.6 Å². The number of amidine groups is 2. The third-order valence-electron chi connectivity index (χ3n) is 2.23. The molecule has 78 valence electrons. The van der Waals surface area contributed by atoms with E-state index in [2.05, 4.69) is 11.9 Å². The number of nitrogens with two attached hydrogens (primary N) is 1. The fraction of sp³-hybridized carbons (Fsp3) is 0.273. The maximum Gasteiger partial charge on any atom is 0.155 e. The molecule has 3 N–H and O–H groups in total. The smallest absolute Gasteiger partial charge is 0.155 e. The molecule has 4 nitrogen and oxygen atoms in total. The van der Waals surface area contributed by atoms with E-state index < -0.39 is 0 Å². The lowest BCUT2D eigenvalue weighted by Gasteiger charge is -2.06. The first kappa shape index (κ1) is 9.71. The van der Waals surface area contributed by atoms with Gasteiger partial charge in [-0.3, -0.25) is 5.41 Å². The van der Waals surface area contributed by atoms with Gasteiger partial charge in [-0.05, 0) is 24.6 Å². The molecule has 0 amide bonds. The van der Waals surface area contributed by atoms with Crippen molar-refractivity contribution in [3.05, 3.63) is 29.3 Å². The summed E-state index contributed by atoms with van der Waals surface area (Å²) < 4.78 is 5.48. The minimum atomic E-state index is 0.212. The second kappa shape index (κ2) is 3.73. The summed E-state index contributed by atoms with van der Waals surface area (Å²) in [7, 11) is 0. The molecule has 0 atom stereocenters. The van der Waals surface area contributed by atoms with Crippen LogP contribution in [-0.2, 0) is 0 Å². The predicted octanol–water partition coefficient (Wildman–Crippen LogP) is 1.52. The van der Waals surface area contributed by atoms with E-state index in [4.69, 9.17) is 15.9 Å². The van der Waals surface area contributed by atoms with Crippen LogP contribution in [0.4, 0.5) is 0 Å². The zero-order valence-electron chi connectivity index (χ0n) is 8.58. The van der Waals surface area contributed by atoms with Crippen molar-refractivity contribution in [2.24, 2.45) is 10.7 Å². The van der Waals surface area contributed by atoms with Gasteiger partial charge in [0.2, 0.25) is 0 Å². The minimum absolute atomic E-state index is 0.212. The van der Waals surface area contributed by atoms with Crippen LogP contribution in [-0.4, -0.2) is 18.3 Å². The average molecular weight is 203 g/mol. The lowest BCUT2D eigenvalue weighted by atomic mass is 10.1. The minimum Gasteiger partial charge on any atom is -0.494 e. The van der Waals surface area contributed by atoms with E-state index >= 15 is 0 Å². The van der Waals surface area contributed by atoms with Crippen LogP contribution in [0.5, 0.6) is 5.75 Å². The van der Waals surface area contributed by atoms with Gasteiger partial charge in [-0.15, -0.1) is 0 Å². The third-order valence-corrected chi connectivity index (χ3v) is 2.23. The molecule has 0 fully saturated rings.